The van der Waals surface area contributed by atoms with Crippen molar-refractivity contribution in [3.8, 4) is 18.4 Å². The van der Waals surface area contributed by atoms with E-state index >= 15 is 0 Å². The van der Waals surface area contributed by atoms with Crippen LogP contribution in [0.3, 0.4) is 0 Å². The number of piperazine rings is 1. The second-order valence-corrected chi connectivity index (χ2v) is 10.9. The van der Waals surface area contributed by atoms with Gasteiger partial charge in [-0.2, -0.15) is 5.26 Å². The van der Waals surface area contributed by atoms with Crippen LogP contribution < -0.4 is 10.2 Å². The van der Waals surface area contributed by atoms with Crippen LogP contribution in [0.15, 0.2) is 59.3 Å². The van der Waals surface area contributed by atoms with Crippen LogP contribution in [0, 0.1) is 37.5 Å². The summed E-state index contributed by atoms with van der Waals surface area (Å²) in [4.78, 5) is 20.0. The number of carbonyl (C=O) groups excluding carboxylic acids is 1. The molecule has 2 heterocycles. The van der Waals surface area contributed by atoms with E-state index in [4.69, 9.17) is 18.0 Å². The van der Waals surface area contributed by atoms with Gasteiger partial charge >= 0.3 is 0 Å². The Morgan fingerprint density at radius 3 is 2.38 bits per heavy atom. The van der Waals surface area contributed by atoms with Gasteiger partial charge in [-0.25, -0.2) is 0 Å². The molecule has 2 aliphatic heterocycles. The summed E-state index contributed by atoms with van der Waals surface area (Å²) in [7, 11) is 0. The highest BCUT2D eigenvalue weighted by Crippen LogP contribution is 2.27. The first-order chi connectivity index (χ1) is 18.8. The Kier molecular flexibility index (Phi) is 9.23. The molecule has 2 aliphatic rings. The predicted molar refractivity (Wildman–Crippen MR) is 160 cm³/mol. The average molecular weight is 542 g/mol. The summed E-state index contributed by atoms with van der Waals surface area (Å²) in [6.07, 6.45) is 11.1. The monoisotopic (exact) mass is 541 g/mol. The molecule has 6 nitrogen and oxygen atoms in total. The number of nitriles is 1. The van der Waals surface area contributed by atoms with Crippen LogP contribution in [-0.2, 0) is 0 Å². The van der Waals surface area contributed by atoms with Gasteiger partial charge in [0.05, 0.1) is 11.3 Å². The summed E-state index contributed by atoms with van der Waals surface area (Å²) in [6, 6.07) is 14.4. The lowest BCUT2D eigenvalue weighted by molar-refractivity contribution is 0.0746. The molecule has 2 saturated heterocycles. The number of aryl methyl sites for hydroxylation is 2. The van der Waals surface area contributed by atoms with Crippen LogP contribution in [0.2, 0.25) is 0 Å². The fraction of sp³-hybridized carbons (Fsp3) is 0.375. The Balaban J connectivity index is 1.40. The Labute approximate surface area is 237 Å². The van der Waals surface area contributed by atoms with Gasteiger partial charge in [-0.1, -0.05) is 35.7 Å². The fourth-order valence-electron chi connectivity index (χ4n) is 5.42. The lowest BCUT2D eigenvalue weighted by Crippen LogP contribution is -2.49. The molecule has 0 spiro atoms. The molecule has 0 bridgehead atoms. The molecule has 2 fully saturated rings. The van der Waals surface area contributed by atoms with Crippen molar-refractivity contribution in [1.82, 2.24) is 9.80 Å². The molecule has 0 unspecified atom stereocenters. The molecule has 1 N–H and O–H groups in total. The normalized spacial score (nSPS) is 17.0. The number of nitrogens with zero attached hydrogens (tertiary/aromatic N) is 4. The minimum Gasteiger partial charge on any atom is -0.382 e. The molecule has 2 aromatic carbocycles. The van der Waals surface area contributed by atoms with E-state index in [1.165, 1.54) is 0 Å². The van der Waals surface area contributed by atoms with E-state index in [1.807, 2.05) is 55.2 Å². The number of benzene rings is 2. The maximum atomic E-state index is 13.6. The third kappa shape index (κ3) is 6.77. The van der Waals surface area contributed by atoms with Gasteiger partial charge < -0.3 is 20.0 Å². The summed E-state index contributed by atoms with van der Waals surface area (Å²) in [6.45, 7) is 10.4. The van der Waals surface area contributed by atoms with Gasteiger partial charge in [0.25, 0.3) is 5.91 Å². The SMILES string of the molecule is C#C/C=C(\C=C(/C)Cl)N1CCC(Nc2cc(C(=O)N3CCN(c4ccccc4C#N)CC3)c(C)cc2C)CC1. The highest BCUT2D eigenvalue weighted by atomic mass is 35.5. The molecule has 0 atom stereocenters. The van der Waals surface area contributed by atoms with E-state index in [-0.39, 0.29) is 5.91 Å². The number of anilines is 2. The maximum absolute atomic E-state index is 13.6. The van der Waals surface area contributed by atoms with E-state index in [2.05, 4.69) is 40.1 Å². The van der Waals surface area contributed by atoms with Crippen molar-refractivity contribution in [2.45, 2.75) is 39.7 Å². The van der Waals surface area contributed by atoms with Crippen LogP contribution in [0.5, 0.6) is 0 Å². The Bertz CT molecular complexity index is 1350. The molecule has 0 saturated carbocycles. The number of para-hydroxylation sites is 1. The van der Waals surface area contributed by atoms with E-state index in [9.17, 15) is 10.1 Å². The van der Waals surface area contributed by atoms with E-state index < -0.39 is 0 Å². The van der Waals surface area contributed by atoms with Gasteiger partial charge in [0.1, 0.15) is 6.07 Å². The zero-order valence-electron chi connectivity index (χ0n) is 23.0. The molecule has 0 aliphatic carbocycles. The zero-order valence-corrected chi connectivity index (χ0v) is 23.8. The molecule has 2 aromatic rings. The lowest BCUT2D eigenvalue weighted by atomic mass is 9.99. The first kappa shape index (κ1) is 28.1. The minimum atomic E-state index is 0.0610. The molecule has 39 heavy (non-hydrogen) atoms. The summed E-state index contributed by atoms with van der Waals surface area (Å²) in [5.41, 5.74) is 6.46. The number of halogens is 1. The van der Waals surface area contributed by atoms with E-state index in [0.717, 1.165) is 59.7 Å². The molecular weight excluding hydrogens is 506 g/mol. The number of piperidine rings is 1. The zero-order chi connectivity index (χ0) is 27.9. The predicted octanol–water partition coefficient (Wildman–Crippen LogP) is 5.67. The molecule has 0 aromatic heterocycles. The quantitative estimate of drug-likeness (QED) is 0.377. The van der Waals surface area contributed by atoms with Crippen molar-refractivity contribution in [3.63, 3.8) is 0 Å². The number of carbonyl (C=O) groups is 1. The van der Waals surface area contributed by atoms with Gasteiger partial charge in [0, 0.05) is 73.4 Å². The number of amides is 1. The van der Waals surface area contributed by atoms with Crippen molar-refractivity contribution in [2.75, 3.05) is 49.5 Å². The van der Waals surface area contributed by atoms with Crippen molar-refractivity contribution < 1.29 is 4.79 Å². The number of nitrogens with one attached hydrogen (secondary N) is 1. The Morgan fingerprint density at radius 1 is 1.05 bits per heavy atom. The largest absolute Gasteiger partial charge is 0.382 e. The van der Waals surface area contributed by atoms with Gasteiger partial charge in [-0.05, 0) is 69.0 Å². The third-order valence-electron chi connectivity index (χ3n) is 7.53. The Hall–Kier alpha value is -3.87. The molecule has 202 valence electrons. The highest BCUT2D eigenvalue weighted by Gasteiger charge is 2.26. The first-order valence-corrected chi connectivity index (χ1v) is 13.8. The van der Waals surface area contributed by atoms with Crippen LogP contribution in [0.25, 0.3) is 0 Å². The number of likely N-dealkylation sites (tertiary alicyclic amines) is 1. The van der Waals surface area contributed by atoms with Crippen molar-refractivity contribution in [3.05, 3.63) is 81.5 Å². The van der Waals surface area contributed by atoms with Gasteiger partial charge in [-0.3, -0.25) is 4.79 Å². The Morgan fingerprint density at radius 2 is 1.74 bits per heavy atom. The number of hydrogen-bond acceptors (Lipinski definition) is 5. The van der Waals surface area contributed by atoms with Gasteiger partial charge in [-0.15, -0.1) is 6.42 Å². The third-order valence-corrected chi connectivity index (χ3v) is 7.64. The van der Waals surface area contributed by atoms with Crippen molar-refractivity contribution in [2.24, 2.45) is 0 Å². The lowest BCUT2D eigenvalue weighted by Gasteiger charge is -2.37. The van der Waals surface area contributed by atoms with Crippen LogP contribution in [0.1, 0.15) is 46.8 Å². The number of rotatable bonds is 6. The summed E-state index contributed by atoms with van der Waals surface area (Å²) in [5, 5.41) is 13.9. The number of hydrogen-bond donors (Lipinski definition) is 1. The second-order valence-electron chi connectivity index (χ2n) is 10.3. The molecule has 1 amide bonds. The van der Waals surface area contributed by atoms with E-state index in [0.29, 0.717) is 42.8 Å². The standard InChI is InChI=1S/C32H36ClN5O/c1-5-8-28(20-25(4)33)36-13-11-27(12-14-36)35-30-21-29(23(2)19-24(30)3)32(39)38-17-15-37(16-18-38)31-10-7-6-9-26(31)22-34/h1,6-10,19-21,27,35H,11-18H2,2-4H3/b25-20+,28-8+. The summed E-state index contributed by atoms with van der Waals surface area (Å²) >= 11 is 6.11. The number of allylic oxidation sites excluding steroid dienone is 3. The summed E-state index contributed by atoms with van der Waals surface area (Å²) < 4.78 is 0. The first-order valence-electron chi connectivity index (χ1n) is 13.5. The van der Waals surface area contributed by atoms with Crippen LogP contribution >= 0.6 is 11.6 Å². The second kappa shape index (κ2) is 12.8. The molecule has 4 rings (SSSR count). The van der Waals surface area contributed by atoms with Crippen molar-refractivity contribution in [1.29, 1.82) is 5.26 Å². The average Bonchev–Trinajstić information content (AvgIpc) is 2.94. The topological polar surface area (TPSA) is 62.6 Å². The smallest absolute Gasteiger partial charge is 0.254 e. The highest BCUT2D eigenvalue weighted by molar-refractivity contribution is 6.29. The maximum Gasteiger partial charge on any atom is 0.254 e. The van der Waals surface area contributed by atoms with Crippen LogP contribution in [0.4, 0.5) is 11.4 Å². The van der Waals surface area contributed by atoms with Crippen LogP contribution in [-0.4, -0.2) is 61.0 Å². The van der Waals surface area contributed by atoms with Gasteiger partial charge in [0.2, 0.25) is 0 Å². The summed E-state index contributed by atoms with van der Waals surface area (Å²) in [5.74, 6) is 2.68. The molecule has 7 heteroatoms. The van der Waals surface area contributed by atoms with Crippen molar-refractivity contribution >= 4 is 28.9 Å². The fourth-order valence-corrected chi connectivity index (χ4v) is 5.53. The van der Waals surface area contributed by atoms with E-state index in [1.54, 1.807) is 6.08 Å². The molecule has 0 radical (unpaired) electrons. The minimum absolute atomic E-state index is 0.0610. The number of terminal acetylenes is 1. The van der Waals surface area contributed by atoms with Gasteiger partial charge in [0.15, 0.2) is 0 Å². The molecular formula is C32H36ClN5O.